The molecule has 2 heterocycles. The molecule has 21 heavy (non-hydrogen) atoms. The Bertz CT molecular complexity index is 634. The Kier molecular flexibility index (Phi) is 4.10. The van der Waals surface area contributed by atoms with Gasteiger partial charge in [-0.2, -0.15) is 5.10 Å². The van der Waals surface area contributed by atoms with Crippen LogP contribution in [0.5, 0.6) is 0 Å². The van der Waals surface area contributed by atoms with Gasteiger partial charge >= 0.3 is 0 Å². The van der Waals surface area contributed by atoms with Crippen molar-refractivity contribution < 1.29 is 0 Å². The van der Waals surface area contributed by atoms with Crippen molar-refractivity contribution in [2.45, 2.75) is 49.2 Å². The lowest BCUT2D eigenvalue weighted by Gasteiger charge is -2.13. The van der Waals surface area contributed by atoms with Gasteiger partial charge in [0.2, 0.25) is 0 Å². The fourth-order valence-corrected chi connectivity index (χ4v) is 2.86. The van der Waals surface area contributed by atoms with Crippen LogP contribution < -0.4 is 5.32 Å². The van der Waals surface area contributed by atoms with Crippen LogP contribution in [0, 0.1) is 6.92 Å². The molecule has 2 aromatic rings. The van der Waals surface area contributed by atoms with Crippen LogP contribution in [-0.2, 0) is 7.05 Å². The van der Waals surface area contributed by atoms with Crippen molar-refractivity contribution in [3.63, 3.8) is 0 Å². The van der Waals surface area contributed by atoms with Gasteiger partial charge < -0.3 is 5.32 Å². The van der Waals surface area contributed by atoms with E-state index >= 15 is 0 Å². The number of aromatic nitrogens is 5. The number of nitrogens with one attached hydrogen (secondary N) is 1. The maximum atomic E-state index is 4.75. The molecule has 0 saturated heterocycles. The molecule has 6 nitrogen and oxygen atoms in total. The molecule has 0 radical (unpaired) electrons. The molecule has 1 saturated carbocycles. The molecule has 0 aromatic carbocycles. The second-order valence-electron chi connectivity index (χ2n) is 5.33. The molecule has 0 spiro atoms. The van der Waals surface area contributed by atoms with E-state index in [1.165, 1.54) is 12.8 Å². The maximum absolute atomic E-state index is 4.75. The number of hydrogen-bond donors (Lipinski definition) is 1. The van der Waals surface area contributed by atoms with E-state index in [2.05, 4.69) is 29.2 Å². The summed E-state index contributed by atoms with van der Waals surface area (Å²) in [6.07, 6.45) is 5.04. The van der Waals surface area contributed by atoms with E-state index < -0.39 is 0 Å². The predicted molar refractivity (Wildman–Crippen MR) is 82.7 cm³/mol. The zero-order chi connectivity index (χ0) is 14.8. The fraction of sp³-hybridized carbons (Fsp3) is 0.571. The van der Waals surface area contributed by atoms with Crippen LogP contribution >= 0.6 is 11.8 Å². The third kappa shape index (κ3) is 3.18. The quantitative estimate of drug-likeness (QED) is 0.828. The predicted octanol–water partition coefficient (Wildman–Crippen LogP) is 2.76. The number of hydrogen-bond acceptors (Lipinski definition) is 6. The Balaban J connectivity index is 1.93. The van der Waals surface area contributed by atoms with E-state index in [0.717, 1.165) is 40.4 Å². The lowest BCUT2D eigenvalue weighted by atomic mass is 10.3. The lowest BCUT2D eigenvalue weighted by molar-refractivity contribution is 0.684. The van der Waals surface area contributed by atoms with E-state index in [4.69, 9.17) is 9.97 Å². The summed E-state index contributed by atoms with van der Waals surface area (Å²) in [6, 6.07) is 0. The molecule has 1 aliphatic rings. The molecule has 0 amide bonds. The average Bonchev–Trinajstić information content (AvgIpc) is 3.25. The molecular formula is C14H20N6S. The van der Waals surface area contributed by atoms with Gasteiger partial charge in [0, 0.05) is 25.1 Å². The highest BCUT2D eigenvalue weighted by molar-refractivity contribution is 7.99. The number of rotatable bonds is 6. The molecule has 2 aromatic heterocycles. The van der Waals surface area contributed by atoms with Crippen LogP contribution in [0.4, 0.5) is 5.82 Å². The van der Waals surface area contributed by atoms with E-state index in [-0.39, 0.29) is 0 Å². The van der Waals surface area contributed by atoms with Crippen LogP contribution in [0.3, 0.4) is 0 Å². The number of aryl methyl sites for hydroxylation is 1. The smallest absolute Gasteiger partial charge is 0.192 e. The van der Waals surface area contributed by atoms with Crippen molar-refractivity contribution in [1.29, 1.82) is 0 Å². The minimum absolute atomic E-state index is 0.534. The molecule has 1 N–H and O–H groups in total. The van der Waals surface area contributed by atoms with Crippen molar-refractivity contribution in [3.8, 4) is 0 Å². The summed E-state index contributed by atoms with van der Waals surface area (Å²) >= 11 is 1.55. The normalized spacial score (nSPS) is 14.4. The van der Waals surface area contributed by atoms with Gasteiger partial charge in [0.15, 0.2) is 5.16 Å². The first-order valence-corrected chi connectivity index (χ1v) is 8.15. The first-order valence-electron chi connectivity index (χ1n) is 7.33. The Hall–Kier alpha value is -1.63. The Morgan fingerprint density at radius 3 is 2.81 bits per heavy atom. The highest BCUT2D eigenvalue weighted by Crippen LogP contribution is 2.40. The molecule has 0 bridgehead atoms. The summed E-state index contributed by atoms with van der Waals surface area (Å²) in [5, 5.41) is 9.34. The lowest BCUT2D eigenvalue weighted by Crippen LogP contribution is -2.08. The highest BCUT2D eigenvalue weighted by Gasteiger charge is 2.28. The topological polar surface area (TPSA) is 68.5 Å². The molecule has 1 aliphatic carbocycles. The summed E-state index contributed by atoms with van der Waals surface area (Å²) in [5.41, 5.74) is 1.08. The van der Waals surface area contributed by atoms with Crippen LogP contribution in [0.2, 0.25) is 0 Å². The third-order valence-electron chi connectivity index (χ3n) is 3.46. The van der Waals surface area contributed by atoms with E-state index in [9.17, 15) is 0 Å². The molecule has 112 valence electrons. The number of anilines is 1. The largest absolute Gasteiger partial charge is 0.370 e. The van der Waals surface area contributed by atoms with Crippen molar-refractivity contribution in [1.82, 2.24) is 24.7 Å². The molecular weight excluding hydrogens is 284 g/mol. The first kappa shape index (κ1) is 14.3. The van der Waals surface area contributed by atoms with Crippen molar-refractivity contribution in [3.05, 3.63) is 17.7 Å². The van der Waals surface area contributed by atoms with E-state index in [1.807, 2.05) is 7.05 Å². The molecule has 0 unspecified atom stereocenters. The van der Waals surface area contributed by atoms with Gasteiger partial charge in [0.1, 0.15) is 23.0 Å². The molecule has 0 atom stereocenters. The Morgan fingerprint density at radius 2 is 2.19 bits per heavy atom. The van der Waals surface area contributed by atoms with Crippen LogP contribution in [0.25, 0.3) is 0 Å². The van der Waals surface area contributed by atoms with Gasteiger partial charge in [0.25, 0.3) is 0 Å². The maximum Gasteiger partial charge on any atom is 0.192 e. The summed E-state index contributed by atoms with van der Waals surface area (Å²) in [7, 11) is 1.89. The average molecular weight is 304 g/mol. The van der Waals surface area contributed by atoms with Gasteiger partial charge in [-0.05, 0) is 37.9 Å². The van der Waals surface area contributed by atoms with Crippen molar-refractivity contribution in [2.24, 2.45) is 7.05 Å². The third-order valence-corrected chi connectivity index (χ3v) is 4.60. The summed E-state index contributed by atoms with van der Waals surface area (Å²) in [6.45, 7) is 5.14. The second-order valence-corrected chi connectivity index (χ2v) is 6.29. The summed E-state index contributed by atoms with van der Waals surface area (Å²) in [5.74, 6) is 2.45. The standard InChI is InChI=1S/C14H20N6S/c1-4-7-15-11-9(2)13(19-12(18-11)10-5-6-10)21-14-16-8-17-20(14)3/h8,10H,4-7H2,1-3H3,(H,15,18,19). The molecule has 1 fully saturated rings. The van der Waals surface area contributed by atoms with E-state index in [0.29, 0.717) is 5.92 Å². The van der Waals surface area contributed by atoms with Crippen LogP contribution in [-0.4, -0.2) is 31.3 Å². The van der Waals surface area contributed by atoms with Gasteiger partial charge in [-0.25, -0.2) is 19.6 Å². The van der Waals surface area contributed by atoms with E-state index in [1.54, 1.807) is 22.8 Å². The fourth-order valence-electron chi connectivity index (χ4n) is 2.02. The van der Waals surface area contributed by atoms with Crippen molar-refractivity contribution in [2.75, 3.05) is 11.9 Å². The summed E-state index contributed by atoms with van der Waals surface area (Å²) in [4.78, 5) is 13.7. The zero-order valence-electron chi connectivity index (χ0n) is 12.6. The van der Waals surface area contributed by atoms with Gasteiger partial charge in [0.05, 0.1) is 0 Å². The van der Waals surface area contributed by atoms with Gasteiger partial charge in [-0.15, -0.1) is 0 Å². The monoisotopic (exact) mass is 304 g/mol. The SMILES string of the molecule is CCCNc1nc(C2CC2)nc(Sc2ncnn2C)c1C. The minimum Gasteiger partial charge on any atom is -0.370 e. The van der Waals surface area contributed by atoms with Gasteiger partial charge in [-0.3, -0.25) is 0 Å². The highest BCUT2D eigenvalue weighted by atomic mass is 32.2. The Labute approximate surface area is 128 Å². The molecule has 0 aliphatic heterocycles. The second kappa shape index (κ2) is 6.01. The van der Waals surface area contributed by atoms with Gasteiger partial charge in [-0.1, -0.05) is 6.92 Å². The zero-order valence-corrected chi connectivity index (χ0v) is 13.4. The van der Waals surface area contributed by atoms with Crippen LogP contribution in [0.1, 0.15) is 43.5 Å². The number of nitrogens with zero attached hydrogens (tertiary/aromatic N) is 5. The first-order chi connectivity index (χ1) is 10.2. The Morgan fingerprint density at radius 1 is 1.38 bits per heavy atom. The summed E-state index contributed by atoms with van der Waals surface area (Å²) < 4.78 is 1.77. The van der Waals surface area contributed by atoms with Crippen molar-refractivity contribution >= 4 is 17.6 Å². The molecule has 3 rings (SSSR count). The van der Waals surface area contributed by atoms with Crippen LogP contribution in [0.15, 0.2) is 16.5 Å². The minimum atomic E-state index is 0.534. The molecule has 7 heteroatoms.